The number of benzene rings is 1. The van der Waals surface area contributed by atoms with Gasteiger partial charge in [0.05, 0.1) is 4.92 Å². The first-order valence-electron chi connectivity index (χ1n) is 7.83. The highest BCUT2D eigenvalue weighted by atomic mass is 35.5. The van der Waals surface area contributed by atoms with Crippen LogP contribution < -0.4 is 5.32 Å². The zero-order valence-electron chi connectivity index (χ0n) is 12.7. The van der Waals surface area contributed by atoms with Gasteiger partial charge in [0.2, 0.25) is 0 Å². The van der Waals surface area contributed by atoms with E-state index in [0.29, 0.717) is 5.69 Å². The first-order chi connectivity index (χ1) is 10.2. The van der Waals surface area contributed by atoms with Gasteiger partial charge in [0.1, 0.15) is 10.7 Å². The number of para-hydroxylation sites is 1. The van der Waals surface area contributed by atoms with Gasteiger partial charge in [0.15, 0.2) is 0 Å². The summed E-state index contributed by atoms with van der Waals surface area (Å²) in [5, 5.41) is 14.3. The third-order valence-electron chi connectivity index (χ3n) is 3.52. The lowest BCUT2D eigenvalue weighted by atomic mass is 10.1. The molecule has 0 unspecified atom stereocenters. The summed E-state index contributed by atoms with van der Waals surface area (Å²) in [6.45, 7) is 2.97. The first kappa shape index (κ1) is 17.8. The molecule has 1 aromatic rings. The number of nitrogens with zero attached hydrogens (tertiary/aromatic N) is 1. The minimum Gasteiger partial charge on any atom is -0.379 e. The van der Waals surface area contributed by atoms with Crippen LogP contribution in [0.5, 0.6) is 0 Å². The zero-order valence-corrected chi connectivity index (χ0v) is 13.5. The second-order valence-corrected chi connectivity index (χ2v) is 5.70. The summed E-state index contributed by atoms with van der Waals surface area (Å²) in [5.41, 5.74) is 0.481. The van der Waals surface area contributed by atoms with Crippen LogP contribution in [0.3, 0.4) is 0 Å². The maximum atomic E-state index is 11.0. The van der Waals surface area contributed by atoms with Crippen molar-refractivity contribution in [3.8, 4) is 0 Å². The summed E-state index contributed by atoms with van der Waals surface area (Å²) in [6.07, 6.45) is 9.98. The average Bonchev–Trinajstić information content (AvgIpc) is 2.45. The molecule has 1 rings (SSSR count). The van der Waals surface area contributed by atoms with Crippen LogP contribution in [0.1, 0.15) is 58.3 Å². The molecule has 21 heavy (non-hydrogen) atoms. The smallest absolute Gasteiger partial charge is 0.310 e. The Morgan fingerprint density at radius 3 is 2.33 bits per heavy atom. The lowest BCUT2D eigenvalue weighted by Gasteiger charge is -2.07. The second-order valence-electron chi connectivity index (χ2n) is 5.29. The molecule has 1 N–H and O–H groups in total. The van der Waals surface area contributed by atoms with Crippen LogP contribution >= 0.6 is 11.6 Å². The summed E-state index contributed by atoms with van der Waals surface area (Å²) < 4.78 is 0. The van der Waals surface area contributed by atoms with Crippen molar-refractivity contribution in [2.45, 2.75) is 58.3 Å². The quantitative estimate of drug-likeness (QED) is 0.319. The molecule has 0 saturated heterocycles. The maximum absolute atomic E-state index is 11.0. The number of unbranched alkanes of at least 4 members (excludes halogenated alkanes) is 7. The molecule has 0 heterocycles. The highest BCUT2D eigenvalue weighted by molar-refractivity contribution is 6.33. The molecule has 0 saturated carbocycles. The van der Waals surface area contributed by atoms with Crippen molar-refractivity contribution in [3.05, 3.63) is 33.3 Å². The fraction of sp³-hybridized carbons (Fsp3) is 0.625. The second kappa shape index (κ2) is 10.4. The number of nitro benzene ring substituents is 1. The maximum Gasteiger partial charge on any atom is 0.310 e. The van der Waals surface area contributed by atoms with Crippen molar-refractivity contribution in [2.75, 3.05) is 11.9 Å². The van der Waals surface area contributed by atoms with Gasteiger partial charge < -0.3 is 5.32 Å². The van der Waals surface area contributed by atoms with E-state index < -0.39 is 4.92 Å². The van der Waals surface area contributed by atoms with Gasteiger partial charge in [-0.3, -0.25) is 10.1 Å². The highest BCUT2D eigenvalue weighted by Gasteiger charge is 2.17. The zero-order chi connectivity index (χ0) is 15.5. The Kier molecular flexibility index (Phi) is 8.83. The van der Waals surface area contributed by atoms with Gasteiger partial charge in [-0.2, -0.15) is 0 Å². The fourth-order valence-corrected chi connectivity index (χ4v) is 2.57. The monoisotopic (exact) mass is 312 g/mol. The minimum absolute atomic E-state index is 0.0290. The molecule has 0 fully saturated rings. The predicted octanol–water partition coefficient (Wildman–Crippen LogP) is 5.80. The van der Waals surface area contributed by atoms with Gasteiger partial charge in [-0.15, -0.1) is 0 Å². The molecule has 5 heteroatoms. The number of nitro groups is 1. The lowest BCUT2D eigenvalue weighted by molar-refractivity contribution is -0.383. The van der Waals surface area contributed by atoms with Crippen molar-refractivity contribution >= 4 is 23.0 Å². The summed E-state index contributed by atoms with van der Waals surface area (Å²) in [7, 11) is 0. The number of hydrogen-bond donors (Lipinski definition) is 1. The van der Waals surface area contributed by atoms with Crippen molar-refractivity contribution in [1.29, 1.82) is 0 Å². The van der Waals surface area contributed by atoms with E-state index in [-0.39, 0.29) is 10.7 Å². The number of halogens is 1. The van der Waals surface area contributed by atoms with E-state index in [1.807, 2.05) is 0 Å². The highest BCUT2D eigenvalue weighted by Crippen LogP contribution is 2.32. The standard InChI is InChI=1S/C16H25ClN2O2/c1-2-3-4-5-6-7-8-9-13-18-15-12-10-11-14(17)16(15)19(20)21/h10-12,18H,2-9,13H2,1H3. The Bertz CT molecular complexity index is 438. The molecular weight excluding hydrogens is 288 g/mol. The Labute approximate surface area is 132 Å². The Morgan fingerprint density at radius 1 is 1.10 bits per heavy atom. The van der Waals surface area contributed by atoms with Crippen LogP contribution in [-0.4, -0.2) is 11.5 Å². The predicted molar refractivity (Wildman–Crippen MR) is 89.2 cm³/mol. The van der Waals surface area contributed by atoms with Crippen molar-refractivity contribution in [3.63, 3.8) is 0 Å². The molecule has 0 radical (unpaired) electrons. The Balaban J connectivity index is 2.21. The van der Waals surface area contributed by atoms with E-state index in [1.54, 1.807) is 18.2 Å². The SMILES string of the molecule is CCCCCCCCCCNc1cccc(Cl)c1[N+](=O)[O-]. The summed E-state index contributed by atoms with van der Waals surface area (Å²) in [4.78, 5) is 10.6. The van der Waals surface area contributed by atoms with E-state index in [4.69, 9.17) is 11.6 Å². The van der Waals surface area contributed by atoms with Gasteiger partial charge in [-0.05, 0) is 18.6 Å². The summed E-state index contributed by atoms with van der Waals surface area (Å²) in [5.74, 6) is 0. The largest absolute Gasteiger partial charge is 0.379 e. The Morgan fingerprint density at radius 2 is 1.71 bits per heavy atom. The summed E-state index contributed by atoms with van der Waals surface area (Å²) >= 11 is 5.87. The third kappa shape index (κ3) is 6.80. The van der Waals surface area contributed by atoms with E-state index >= 15 is 0 Å². The van der Waals surface area contributed by atoms with Gasteiger partial charge in [-0.1, -0.05) is 69.5 Å². The minimum atomic E-state index is -0.432. The summed E-state index contributed by atoms with van der Waals surface area (Å²) in [6, 6.07) is 4.97. The average molecular weight is 313 g/mol. The number of hydrogen-bond acceptors (Lipinski definition) is 3. The van der Waals surface area contributed by atoms with Gasteiger partial charge in [-0.25, -0.2) is 0 Å². The lowest BCUT2D eigenvalue weighted by Crippen LogP contribution is -2.04. The molecule has 0 spiro atoms. The molecule has 0 aliphatic heterocycles. The third-order valence-corrected chi connectivity index (χ3v) is 3.82. The van der Waals surface area contributed by atoms with E-state index in [1.165, 1.54) is 38.5 Å². The van der Waals surface area contributed by atoms with Gasteiger partial charge in [0.25, 0.3) is 0 Å². The van der Waals surface area contributed by atoms with Crippen LogP contribution in [0.2, 0.25) is 5.02 Å². The normalized spacial score (nSPS) is 10.6. The van der Waals surface area contributed by atoms with Gasteiger partial charge >= 0.3 is 5.69 Å². The molecule has 0 aromatic heterocycles. The molecule has 1 aromatic carbocycles. The number of anilines is 1. The molecule has 118 valence electrons. The van der Waals surface area contributed by atoms with Crippen LogP contribution in [0.25, 0.3) is 0 Å². The first-order valence-corrected chi connectivity index (χ1v) is 8.21. The van der Waals surface area contributed by atoms with E-state index in [2.05, 4.69) is 12.2 Å². The van der Waals surface area contributed by atoms with Crippen LogP contribution in [-0.2, 0) is 0 Å². The van der Waals surface area contributed by atoms with Crippen molar-refractivity contribution in [2.24, 2.45) is 0 Å². The number of nitrogens with one attached hydrogen (secondary N) is 1. The fourth-order valence-electron chi connectivity index (χ4n) is 2.33. The van der Waals surface area contributed by atoms with Crippen LogP contribution in [0.15, 0.2) is 18.2 Å². The van der Waals surface area contributed by atoms with Crippen molar-refractivity contribution < 1.29 is 4.92 Å². The molecule has 0 atom stereocenters. The van der Waals surface area contributed by atoms with E-state index in [0.717, 1.165) is 19.4 Å². The molecule has 0 amide bonds. The van der Waals surface area contributed by atoms with Crippen LogP contribution in [0.4, 0.5) is 11.4 Å². The van der Waals surface area contributed by atoms with Crippen molar-refractivity contribution in [1.82, 2.24) is 0 Å². The molecule has 0 aliphatic rings. The molecule has 0 bridgehead atoms. The molecular formula is C16H25ClN2O2. The molecule has 0 aliphatic carbocycles. The van der Waals surface area contributed by atoms with Gasteiger partial charge in [0, 0.05) is 6.54 Å². The van der Waals surface area contributed by atoms with Crippen LogP contribution in [0, 0.1) is 10.1 Å². The molecule has 4 nitrogen and oxygen atoms in total. The topological polar surface area (TPSA) is 55.2 Å². The van der Waals surface area contributed by atoms with E-state index in [9.17, 15) is 10.1 Å². The number of rotatable bonds is 11. The Hall–Kier alpha value is -1.29.